The van der Waals surface area contributed by atoms with Crippen LogP contribution in [0.5, 0.6) is 0 Å². The monoisotopic (exact) mass is 225 g/mol. The number of aromatic nitrogens is 3. The second-order valence-electron chi connectivity index (χ2n) is 3.95. The highest BCUT2D eigenvalue weighted by molar-refractivity contribution is 6.01. The summed E-state index contributed by atoms with van der Waals surface area (Å²) >= 11 is 0. The number of fused-ring (bicyclic) bond motifs is 1. The molecule has 17 heavy (non-hydrogen) atoms. The zero-order valence-corrected chi connectivity index (χ0v) is 9.34. The van der Waals surface area contributed by atoms with Gasteiger partial charge in [0, 0.05) is 23.3 Å². The minimum Gasteiger partial charge on any atom is -0.350 e. The van der Waals surface area contributed by atoms with E-state index in [2.05, 4.69) is 9.97 Å². The van der Waals surface area contributed by atoms with Gasteiger partial charge in [-0.25, -0.2) is 4.98 Å². The Morgan fingerprint density at radius 3 is 2.88 bits per heavy atom. The second-order valence-corrected chi connectivity index (χ2v) is 3.95. The highest BCUT2D eigenvalue weighted by atomic mass is 16.2. The average Bonchev–Trinajstić information content (AvgIpc) is 2.97. The van der Waals surface area contributed by atoms with Crippen molar-refractivity contribution in [3.63, 3.8) is 0 Å². The normalized spacial score (nSPS) is 10.9. The van der Waals surface area contributed by atoms with E-state index in [1.54, 1.807) is 12.4 Å². The molecule has 0 aliphatic rings. The molecule has 0 saturated carbocycles. The molecule has 84 valence electrons. The van der Waals surface area contributed by atoms with Crippen molar-refractivity contribution in [1.29, 1.82) is 0 Å². The SMILES string of the molecule is Cc1c(C(=O)n2ccnc2)[nH]c2ccccc12. The number of hydrogen-bond acceptors (Lipinski definition) is 2. The van der Waals surface area contributed by atoms with Crippen molar-refractivity contribution in [2.45, 2.75) is 6.92 Å². The number of rotatable bonds is 1. The van der Waals surface area contributed by atoms with E-state index in [4.69, 9.17) is 0 Å². The molecule has 0 unspecified atom stereocenters. The van der Waals surface area contributed by atoms with Crippen LogP contribution in [-0.4, -0.2) is 20.4 Å². The van der Waals surface area contributed by atoms with Gasteiger partial charge >= 0.3 is 0 Å². The topological polar surface area (TPSA) is 50.7 Å². The number of benzene rings is 1. The Morgan fingerprint density at radius 2 is 2.18 bits per heavy atom. The third-order valence-corrected chi connectivity index (χ3v) is 2.92. The molecular weight excluding hydrogens is 214 g/mol. The van der Waals surface area contributed by atoms with Crippen LogP contribution in [0.4, 0.5) is 0 Å². The van der Waals surface area contributed by atoms with Crippen LogP contribution in [0.2, 0.25) is 0 Å². The molecule has 0 amide bonds. The van der Waals surface area contributed by atoms with Gasteiger partial charge in [-0.1, -0.05) is 18.2 Å². The van der Waals surface area contributed by atoms with Crippen LogP contribution >= 0.6 is 0 Å². The Kier molecular flexibility index (Phi) is 2.08. The standard InChI is InChI=1S/C13H11N3O/c1-9-10-4-2-3-5-11(10)15-12(9)13(17)16-7-6-14-8-16/h2-8,15H,1H3. The molecule has 2 heterocycles. The van der Waals surface area contributed by atoms with Crippen molar-refractivity contribution in [3.05, 3.63) is 54.2 Å². The summed E-state index contributed by atoms with van der Waals surface area (Å²) in [5.41, 5.74) is 2.57. The number of imidazole rings is 1. The number of aryl methyl sites for hydroxylation is 1. The summed E-state index contributed by atoms with van der Waals surface area (Å²) in [7, 11) is 0. The fourth-order valence-electron chi connectivity index (χ4n) is 2.00. The largest absolute Gasteiger partial charge is 0.350 e. The first-order valence-electron chi connectivity index (χ1n) is 5.37. The third kappa shape index (κ3) is 1.45. The van der Waals surface area contributed by atoms with E-state index in [1.165, 1.54) is 10.9 Å². The van der Waals surface area contributed by atoms with Gasteiger partial charge in [0.1, 0.15) is 12.0 Å². The van der Waals surface area contributed by atoms with E-state index in [0.717, 1.165) is 16.5 Å². The molecule has 0 radical (unpaired) electrons. The molecule has 1 aromatic carbocycles. The molecule has 0 fully saturated rings. The Hall–Kier alpha value is -2.36. The summed E-state index contributed by atoms with van der Waals surface area (Å²) in [6, 6.07) is 7.89. The lowest BCUT2D eigenvalue weighted by atomic mass is 10.1. The van der Waals surface area contributed by atoms with Crippen LogP contribution < -0.4 is 0 Å². The molecule has 2 aromatic heterocycles. The molecule has 0 aliphatic carbocycles. The Balaban J connectivity index is 2.18. The van der Waals surface area contributed by atoms with E-state index >= 15 is 0 Å². The predicted octanol–water partition coefficient (Wildman–Crippen LogP) is 2.36. The molecule has 4 nitrogen and oxygen atoms in total. The van der Waals surface area contributed by atoms with E-state index in [-0.39, 0.29) is 5.91 Å². The maximum atomic E-state index is 12.2. The van der Waals surface area contributed by atoms with Crippen LogP contribution in [0, 0.1) is 6.92 Å². The quantitative estimate of drug-likeness (QED) is 0.691. The molecule has 0 bridgehead atoms. The number of hydrogen-bond donors (Lipinski definition) is 1. The summed E-state index contributed by atoms with van der Waals surface area (Å²) in [5, 5.41) is 1.08. The van der Waals surface area contributed by atoms with Crippen molar-refractivity contribution in [2.75, 3.05) is 0 Å². The predicted molar refractivity (Wildman–Crippen MR) is 65.0 cm³/mol. The number of aromatic amines is 1. The van der Waals surface area contributed by atoms with Gasteiger partial charge in [-0.15, -0.1) is 0 Å². The summed E-state index contributed by atoms with van der Waals surface area (Å²) in [6.45, 7) is 1.95. The van der Waals surface area contributed by atoms with Crippen LogP contribution in [0.1, 0.15) is 16.1 Å². The summed E-state index contributed by atoms with van der Waals surface area (Å²) in [5.74, 6) is -0.0869. The average molecular weight is 225 g/mol. The molecule has 3 rings (SSSR count). The Morgan fingerprint density at radius 1 is 1.35 bits per heavy atom. The molecular formula is C13H11N3O. The maximum absolute atomic E-state index is 12.2. The highest BCUT2D eigenvalue weighted by Gasteiger charge is 2.15. The number of carbonyl (C=O) groups is 1. The third-order valence-electron chi connectivity index (χ3n) is 2.92. The first-order valence-corrected chi connectivity index (χ1v) is 5.37. The van der Waals surface area contributed by atoms with Crippen LogP contribution in [-0.2, 0) is 0 Å². The molecule has 0 aliphatic heterocycles. The van der Waals surface area contributed by atoms with Crippen LogP contribution in [0.15, 0.2) is 43.0 Å². The van der Waals surface area contributed by atoms with Crippen LogP contribution in [0.3, 0.4) is 0 Å². The van der Waals surface area contributed by atoms with Gasteiger partial charge in [-0.3, -0.25) is 9.36 Å². The molecule has 4 heteroatoms. The smallest absolute Gasteiger partial charge is 0.279 e. The lowest BCUT2D eigenvalue weighted by Gasteiger charge is -1.99. The summed E-state index contributed by atoms with van der Waals surface area (Å²) < 4.78 is 1.47. The number of nitrogens with zero attached hydrogens (tertiary/aromatic N) is 2. The van der Waals surface area contributed by atoms with Gasteiger partial charge in [0.15, 0.2) is 0 Å². The minimum absolute atomic E-state index is 0.0869. The number of carbonyl (C=O) groups excluding carboxylic acids is 1. The van der Waals surface area contributed by atoms with Gasteiger partial charge in [0.05, 0.1) is 0 Å². The number of H-pyrrole nitrogens is 1. The van der Waals surface area contributed by atoms with E-state index in [1.807, 2.05) is 31.2 Å². The number of nitrogens with one attached hydrogen (secondary N) is 1. The number of para-hydroxylation sites is 1. The molecule has 0 spiro atoms. The Labute approximate surface area is 97.9 Å². The van der Waals surface area contributed by atoms with Crippen LogP contribution in [0.25, 0.3) is 10.9 Å². The fourth-order valence-corrected chi connectivity index (χ4v) is 2.00. The van der Waals surface area contributed by atoms with Crippen molar-refractivity contribution >= 4 is 16.8 Å². The van der Waals surface area contributed by atoms with E-state index in [9.17, 15) is 4.79 Å². The van der Waals surface area contributed by atoms with Gasteiger partial charge in [0.2, 0.25) is 0 Å². The van der Waals surface area contributed by atoms with Crippen molar-refractivity contribution in [1.82, 2.24) is 14.5 Å². The molecule has 0 atom stereocenters. The first kappa shape index (κ1) is 9.84. The van der Waals surface area contributed by atoms with E-state index in [0.29, 0.717) is 5.69 Å². The summed E-state index contributed by atoms with van der Waals surface area (Å²) in [4.78, 5) is 19.2. The van der Waals surface area contributed by atoms with Crippen molar-refractivity contribution in [2.24, 2.45) is 0 Å². The molecule has 0 saturated heterocycles. The second kappa shape index (κ2) is 3.59. The molecule has 3 aromatic rings. The van der Waals surface area contributed by atoms with Gasteiger partial charge < -0.3 is 4.98 Å². The maximum Gasteiger partial charge on any atom is 0.279 e. The Bertz CT molecular complexity index is 680. The van der Waals surface area contributed by atoms with E-state index < -0.39 is 0 Å². The van der Waals surface area contributed by atoms with Gasteiger partial charge in [0.25, 0.3) is 5.91 Å². The first-order chi connectivity index (χ1) is 8.27. The minimum atomic E-state index is -0.0869. The fraction of sp³-hybridized carbons (Fsp3) is 0.0769. The van der Waals surface area contributed by atoms with Gasteiger partial charge in [-0.2, -0.15) is 0 Å². The lowest BCUT2D eigenvalue weighted by Crippen LogP contribution is -2.11. The van der Waals surface area contributed by atoms with Gasteiger partial charge in [-0.05, 0) is 18.6 Å². The summed E-state index contributed by atoms with van der Waals surface area (Å²) in [6.07, 6.45) is 4.75. The van der Waals surface area contributed by atoms with Crippen molar-refractivity contribution in [3.8, 4) is 0 Å². The highest BCUT2D eigenvalue weighted by Crippen LogP contribution is 2.21. The molecule has 1 N–H and O–H groups in total. The lowest BCUT2D eigenvalue weighted by molar-refractivity contribution is 0.0955. The zero-order valence-electron chi connectivity index (χ0n) is 9.34. The van der Waals surface area contributed by atoms with Crippen molar-refractivity contribution < 1.29 is 4.79 Å². The zero-order chi connectivity index (χ0) is 11.8.